The Morgan fingerprint density at radius 1 is 1.00 bits per heavy atom. The SMILES string of the molecule is C[C@]12CC[C@H]3[C@@H](C[C@@H](Cl)[C@@]4(Br)CC(=O)CC[C@]34C)[C@@H]1CC[C@@]21CCC(=O)O1. The molecule has 0 bridgehead atoms. The van der Waals surface area contributed by atoms with Crippen LogP contribution in [0.1, 0.15) is 78.1 Å². The largest absolute Gasteiger partial charge is 0.458 e. The molecule has 1 spiro atoms. The molecule has 0 amide bonds. The minimum absolute atomic E-state index is 0.00454. The number of hydrogen-bond acceptors (Lipinski definition) is 3. The number of ketones is 1. The van der Waals surface area contributed by atoms with E-state index in [2.05, 4.69) is 29.8 Å². The molecule has 1 saturated heterocycles. The molecule has 0 aromatic heterocycles. The Morgan fingerprint density at radius 3 is 2.41 bits per heavy atom. The Morgan fingerprint density at radius 2 is 1.70 bits per heavy atom. The highest BCUT2D eigenvalue weighted by molar-refractivity contribution is 9.10. The Balaban J connectivity index is 1.51. The van der Waals surface area contributed by atoms with Gasteiger partial charge in [0.05, 0.1) is 9.70 Å². The molecule has 4 aliphatic carbocycles. The summed E-state index contributed by atoms with van der Waals surface area (Å²) < 4.78 is 5.77. The van der Waals surface area contributed by atoms with E-state index in [9.17, 15) is 9.59 Å². The van der Waals surface area contributed by atoms with E-state index in [1.807, 2.05) is 0 Å². The quantitative estimate of drug-likeness (QED) is 0.361. The molecule has 1 aliphatic heterocycles. The van der Waals surface area contributed by atoms with E-state index >= 15 is 0 Å². The van der Waals surface area contributed by atoms with E-state index in [-0.39, 0.29) is 32.1 Å². The van der Waals surface area contributed by atoms with Crippen LogP contribution in [0.4, 0.5) is 0 Å². The number of ether oxygens (including phenoxy) is 1. The highest BCUT2D eigenvalue weighted by Crippen LogP contribution is 2.72. The van der Waals surface area contributed by atoms with Crippen molar-refractivity contribution in [3.8, 4) is 0 Å². The third kappa shape index (κ3) is 2.21. The molecule has 27 heavy (non-hydrogen) atoms. The van der Waals surface area contributed by atoms with Crippen molar-refractivity contribution in [1.29, 1.82) is 0 Å². The van der Waals surface area contributed by atoms with E-state index < -0.39 is 0 Å². The molecule has 0 N–H and O–H groups in total. The normalized spacial score (nSPS) is 57.2. The minimum atomic E-state index is -0.262. The van der Waals surface area contributed by atoms with Crippen molar-refractivity contribution < 1.29 is 14.3 Å². The molecule has 0 aromatic carbocycles. The lowest BCUT2D eigenvalue weighted by Crippen LogP contribution is -2.65. The highest BCUT2D eigenvalue weighted by Gasteiger charge is 2.70. The molecule has 0 aromatic rings. The van der Waals surface area contributed by atoms with Gasteiger partial charge in [-0.2, -0.15) is 0 Å². The van der Waals surface area contributed by atoms with Gasteiger partial charge in [-0.15, -0.1) is 11.6 Å². The minimum Gasteiger partial charge on any atom is -0.458 e. The van der Waals surface area contributed by atoms with Crippen LogP contribution in [0.5, 0.6) is 0 Å². The van der Waals surface area contributed by atoms with Crippen LogP contribution in [0.15, 0.2) is 0 Å². The van der Waals surface area contributed by atoms with Gasteiger partial charge in [-0.05, 0) is 68.1 Å². The molecule has 4 saturated carbocycles. The first-order valence-corrected chi connectivity index (χ1v) is 11.9. The Hall–Kier alpha value is -0.0900. The zero-order valence-corrected chi connectivity index (χ0v) is 18.7. The fraction of sp³-hybridized carbons (Fsp3) is 0.909. The van der Waals surface area contributed by atoms with Gasteiger partial charge < -0.3 is 4.74 Å². The number of carbonyl (C=O) groups excluding carboxylic acids is 2. The van der Waals surface area contributed by atoms with Gasteiger partial charge in [0.15, 0.2) is 0 Å². The van der Waals surface area contributed by atoms with Gasteiger partial charge in [0.2, 0.25) is 0 Å². The maximum absolute atomic E-state index is 12.3. The van der Waals surface area contributed by atoms with E-state index in [1.165, 1.54) is 6.42 Å². The Kier molecular flexibility index (Phi) is 4.02. The summed E-state index contributed by atoms with van der Waals surface area (Å²) in [5.41, 5.74) is -0.0717. The summed E-state index contributed by atoms with van der Waals surface area (Å²) in [6, 6.07) is 0. The number of rotatable bonds is 0. The summed E-state index contributed by atoms with van der Waals surface area (Å²) in [4.78, 5) is 24.3. The van der Waals surface area contributed by atoms with Crippen LogP contribution in [0, 0.1) is 28.6 Å². The summed E-state index contributed by atoms with van der Waals surface area (Å²) in [7, 11) is 0. The van der Waals surface area contributed by atoms with Crippen LogP contribution in [0.3, 0.4) is 0 Å². The van der Waals surface area contributed by atoms with Crippen molar-refractivity contribution in [1.82, 2.24) is 0 Å². The van der Waals surface area contributed by atoms with Crippen LogP contribution < -0.4 is 0 Å². The summed E-state index contributed by atoms with van der Waals surface area (Å²) in [6.07, 6.45) is 9.14. The fourth-order valence-electron chi connectivity index (χ4n) is 8.27. The zero-order chi connectivity index (χ0) is 19.2. The van der Waals surface area contributed by atoms with Gasteiger partial charge in [0.25, 0.3) is 0 Å². The monoisotopic (exact) mass is 456 g/mol. The van der Waals surface area contributed by atoms with Crippen molar-refractivity contribution >= 4 is 39.3 Å². The average molecular weight is 458 g/mol. The average Bonchev–Trinajstić information content (AvgIpc) is 3.12. The van der Waals surface area contributed by atoms with Crippen LogP contribution in [0.25, 0.3) is 0 Å². The first kappa shape index (κ1) is 18.9. The van der Waals surface area contributed by atoms with Crippen molar-refractivity contribution in [2.75, 3.05) is 0 Å². The molecule has 5 rings (SSSR count). The second kappa shape index (κ2) is 5.74. The van der Waals surface area contributed by atoms with Gasteiger partial charge in [0.1, 0.15) is 11.4 Å². The van der Waals surface area contributed by atoms with Crippen molar-refractivity contribution in [3.05, 3.63) is 0 Å². The zero-order valence-electron chi connectivity index (χ0n) is 16.4. The third-order valence-corrected chi connectivity index (χ3v) is 12.4. The standard InChI is InChI=1S/C22H30BrClO3/c1-19-8-4-16-14(15(19)5-9-21(19)10-6-18(26)27-21)11-17(24)22(23)12-13(25)3-7-20(16,22)2/h14-17H,3-12H2,1-2H3/t14-,15-,16-,17+,19-,20+,21+,22-/m0/s1. The molecule has 1 heterocycles. The lowest BCUT2D eigenvalue weighted by atomic mass is 9.44. The molecule has 150 valence electrons. The number of hydrogen-bond donors (Lipinski definition) is 0. The molecule has 0 radical (unpaired) electrons. The van der Waals surface area contributed by atoms with Crippen LogP contribution >= 0.6 is 27.5 Å². The van der Waals surface area contributed by atoms with Crippen LogP contribution in [-0.4, -0.2) is 27.1 Å². The van der Waals surface area contributed by atoms with E-state index in [1.54, 1.807) is 0 Å². The lowest BCUT2D eigenvalue weighted by Gasteiger charge is -2.65. The predicted octanol–water partition coefficient (Wildman–Crippen LogP) is 5.41. The number of alkyl halides is 2. The van der Waals surface area contributed by atoms with Gasteiger partial charge >= 0.3 is 5.97 Å². The summed E-state index contributed by atoms with van der Waals surface area (Å²) in [5, 5.41) is -0.0157. The van der Waals surface area contributed by atoms with Gasteiger partial charge in [-0.25, -0.2) is 0 Å². The highest BCUT2D eigenvalue weighted by atomic mass is 79.9. The Labute approximate surface area is 175 Å². The smallest absolute Gasteiger partial charge is 0.306 e. The Bertz CT molecular complexity index is 712. The second-order valence-corrected chi connectivity index (χ2v) is 12.5. The van der Waals surface area contributed by atoms with Gasteiger partial charge in [-0.1, -0.05) is 29.8 Å². The van der Waals surface area contributed by atoms with Gasteiger partial charge in [0, 0.05) is 24.7 Å². The maximum atomic E-state index is 12.3. The molecule has 5 heteroatoms. The van der Waals surface area contributed by atoms with Crippen molar-refractivity contribution in [3.63, 3.8) is 0 Å². The maximum Gasteiger partial charge on any atom is 0.306 e. The molecule has 0 unspecified atom stereocenters. The van der Waals surface area contributed by atoms with Crippen molar-refractivity contribution in [2.45, 2.75) is 93.4 Å². The van der Waals surface area contributed by atoms with Crippen LogP contribution in [-0.2, 0) is 14.3 Å². The number of halogens is 2. The number of Topliss-reactive ketones (excluding diaryl/α,β-unsaturated/α-hetero) is 1. The first-order chi connectivity index (χ1) is 12.7. The van der Waals surface area contributed by atoms with E-state index in [4.69, 9.17) is 16.3 Å². The lowest BCUT2D eigenvalue weighted by molar-refractivity contribution is -0.172. The second-order valence-electron chi connectivity index (χ2n) is 10.5. The molecule has 5 aliphatic rings. The number of carbonyl (C=O) groups is 2. The summed E-state index contributed by atoms with van der Waals surface area (Å²) in [5.74, 6) is 2.11. The number of esters is 1. The van der Waals surface area contributed by atoms with Gasteiger partial charge in [-0.3, -0.25) is 9.59 Å². The first-order valence-electron chi connectivity index (χ1n) is 10.7. The third-order valence-electron chi connectivity index (χ3n) is 9.89. The van der Waals surface area contributed by atoms with E-state index in [0.29, 0.717) is 42.8 Å². The van der Waals surface area contributed by atoms with Crippen LogP contribution in [0.2, 0.25) is 0 Å². The number of fused-ring (bicyclic) bond motifs is 6. The molecule has 3 nitrogen and oxygen atoms in total. The molecule has 8 atom stereocenters. The summed E-state index contributed by atoms with van der Waals surface area (Å²) >= 11 is 11.1. The molecule has 5 fully saturated rings. The molecular weight excluding hydrogens is 428 g/mol. The topological polar surface area (TPSA) is 43.4 Å². The van der Waals surface area contributed by atoms with E-state index in [0.717, 1.165) is 38.5 Å². The predicted molar refractivity (Wildman–Crippen MR) is 108 cm³/mol. The fourth-order valence-corrected chi connectivity index (χ4v) is 9.80. The molecular formula is C22H30BrClO3. The summed E-state index contributed by atoms with van der Waals surface area (Å²) in [6.45, 7) is 4.79. The van der Waals surface area contributed by atoms with Crippen molar-refractivity contribution in [2.24, 2.45) is 28.6 Å².